The van der Waals surface area contributed by atoms with Crippen LogP contribution < -0.4 is 0 Å². The van der Waals surface area contributed by atoms with E-state index < -0.39 is 60.4 Å². The summed E-state index contributed by atoms with van der Waals surface area (Å²) in [6.07, 6.45) is 0. The summed E-state index contributed by atoms with van der Waals surface area (Å²) >= 11 is 1.75. The summed E-state index contributed by atoms with van der Waals surface area (Å²) < 4.78 is 101. The molecule has 0 unspecified atom stereocenters. The topological polar surface area (TPSA) is 65.0 Å². The molecule has 0 saturated heterocycles. The van der Waals surface area contributed by atoms with E-state index in [9.17, 15) is 0 Å². The zero-order valence-electron chi connectivity index (χ0n) is 39.5. The number of hydrogen-bond acceptors (Lipinski definition) is 6. The van der Waals surface area contributed by atoms with Gasteiger partial charge in [-0.1, -0.05) is 139 Å². The standard InChI is InChI=1S/C51H29N3O2S/c1-3-13-30(14-4-1)49-52-50(31-15-5-2-6-16-31)54-51(53-49)39-21-12-23-43-46(39)38-20-11-19-34(47(38)56-43)33-27-40(48-41(28-33)35-17-7-9-22-42(35)55-48)32-25-26-37-36-18-8-10-24-44(36)57-45(37)29-32/h1-29H/i1D,2D,3D,4D,5D,6D,13D,14D,15D,16D. The van der Waals surface area contributed by atoms with Gasteiger partial charge in [-0.3, -0.25) is 0 Å². The average molecular weight is 758 g/mol. The van der Waals surface area contributed by atoms with Crippen LogP contribution in [0.5, 0.6) is 0 Å². The smallest absolute Gasteiger partial charge is 0.164 e. The highest BCUT2D eigenvalue weighted by atomic mass is 32.1. The van der Waals surface area contributed by atoms with Crippen molar-refractivity contribution in [1.82, 2.24) is 15.0 Å². The van der Waals surface area contributed by atoms with Crippen molar-refractivity contribution in [1.29, 1.82) is 0 Å². The Balaban J connectivity index is 1.10. The summed E-state index contributed by atoms with van der Waals surface area (Å²) in [5.41, 5.74) is 5.76. The van der Waals surface area contributed by atoms with Gasteiger partial charge in [-0.2, -0.15) is 0 Å². The Morgan fingerprint density at radius 2 is 1.02 bits per heavy atom. The molecule has 4 heterocycles. The minimum absolute atomic E-state index is 0.0532. The van der Waals surface area contributed by atoms with Gasteiger partial charge in [-0.15, -0.1) is 11.3 Å². The monoisotopic (exact) mass is 757 g/mol. The van der Waals surface area contributed by atoms with Crippen LogP contribution in [0.2, 0.25) is 0 Å². The molecule has 12 rings (SSSR count). The van der Waals surface area contributed by atoms with Crippen LogP contribution in [0.25, 0.3) is 120 Å². The molecule has 4 aromatic heterocycles. The Hall–Kier alpha value is -7.41. The van der Waals surface area contributed by atoms with Crippen molar-refractivity contribution in [2.75, 3.05) is 0 Å². The molecule has 0 aliphatic carbocycles. The average Bonchev–Trinajstić information content (AvgIpc) is 4.05. The number of benzene rings is 8. The molecule has 0 saturated carbocycles. The second-order valence-corrected chi connectivity index (χ2v) is 14.7. The fourth-order valence-corrected chi connectivity index (χ4v) is 8.94. The summed E-state index contributed by atoms with van der Waals surface area (Å²) in [6, 6.07) is 32.1. The number of aromatic nitrogens is 3. The van der Waals surface area contributed by atoms with Crippen LogP contribution in [-0.4, -0.2) is 15.0 Å². The van der Waals surface area contributed by atoms with Gasteiger partial charge in [0.1, 0.15) is 22.3 Å². The third-order valence-corrected chi connectivity index (χ3v) is 11.5. The number of para-hydroxylation sites is 2. The van der Waals surface area contributed by atoms with E-state index in [0.717, 1.165) is 48.9 Å². The minimum atomic E-state index is -0.622. The SMILES string of the molecule is [2H]c1c([2H])c([2H])c(-c2nc(-c3c([2H])c([2H])c([2H])c([2H])c3[2H])nc(-c3cccc4oc5c(-c6cc(-c7ccc8c(c7)sc7ccccc78)c7oc8ccccc8c7c6)cccc5c34)n2)c([2H])c1[2H]. The van der Waals surface area contributed by atoms with E-state index in [1.807, 2.05) is 42.5 Å². The summed E-state index contributed by atoms with van der Waals surface area (Å²) in [6.45, 7) is 0. The van der Waals surface area contributed by atoms with E-state index in [0.29, 0.717) is 27.5 Å². The molecule has 0 fully saturated rings. The molecule has 0 bridgehead atoms. The first-order valence-corrected chi connectivity index (χ1v) is 18.9. The quantitative estimate of drug-likeness (QED) is 0.175. The van der Waals surface area contributed by atoms with Crippen LogP contribution in [0.15, 0.2) is 185 Å². The predicted molar refractivity (Wildman–Crippen MR) is 234 cm³/mol. The number of fused-ring (bicyclic) bond motifs is 9. The van der Waals surface area contributed by atoms with Gasteiger partial charge in [-0.05, 0) is 47.5 Å². The molecule has 0 atom stereocenters. The molecule has 0 aliphatic rings. The fraction of sp³-hybridized carbons (Fsp3) is 0. The minimum Gasteiger partial charge on any atom is -0.455 e. The Morgan fingerprint density at radius 3 is 1.82 bits per heavy atom. The van der Waals surface area contributed by atoms with Gasteiger partial charge in [0.05, 0.1) is 13.7 Å². The molecular weight excluding hydrogens is 719 g/mol. The summed E-state index contributed by atoms with van der Waals surface area (Å²) in [5, 5.41) is 5.54. The molecule has 57 heavy (non-hydrogen) atoms. The molecule has 0 spiro atoms. The van der Waals surface area contributed by atoms with Crippen molar-refractivity contribution < 1.29 is 22.5 Å². The first-order valence-electron chi connectivity index (χ1n) is 23.1. The van der Waals surface area contributed by atoms with E-state index in [-0.39, 0.29) is 28.6 Å². The largest absolute Gasteiger partial charge is 0.455 e. The predicted octanol–water partition coefficient (Wildman–Crippen LogP) is 14.4. The number of rotatable bonds is 5. The van der Waals surface area contributed by atoms with Gasteiger partial charge in [0, 0.05) is 69.5 Å². The second kappa shape index (κ2) is 12.6. The zero-order chi connectivity index (χ0) is 46.2. The highest BCUT2D eigenvalue weighted by Gasteiger charge is 2.22. The molecule has 5 nitrogen and oxygen atoms in total. The lowest BCUT2D eigenvalue weighted by molar-refractivity contribution is 0.669. The molecule has 0 amide bonds. The van der Waals surface area contributed by atoms with Crippen molar-refractivity contribution >= 4 is 75.4 Å². The van der Waals surface area contributed by atoms with Crippen LogP contribution in [0.4, 0.5) is 0 Å². The van der Waals surface area contributed by atoms with E-state index in [1.165, 1.54) is 15.5 Å². The molecule has 0 aliphatic heterocycles. The van der Waals surface area contributed by atoms with Crippen LogP contribution in [0, 0.1) is 0 Å². The van der Waals surface area contributed by atoms with Crippen LogP contribution in [-0.2, 0) is 0 Å². The van der Waals surface area contributed by atoms with Crippen LogP contribution in [0.1, 0.15) is 13.7 Å². The molecule has 266 valence electrons. The normalized spacial score (nSPS) is 14.3. The number of hydrogen-bond donors (Lipinski definition) is 0. The Bertz CT molecular complexity index is 4000. The lowest BCUT2D eigenvalue weighted by Gasteiger charge is -2.10. The first-order chi connectivity index (χ1) is 32.4. The third kappa shape index (κ3) is 5.12. The molecule has 12 aromatic rings. The van der Waals surface area contributed by atoms with Gasteiger partial charge >= 0.3 is 0 Å². The van der Waals surface area contributed by atoms with Crippen molar-refractivity contribution in [2.24, 2.45) is 0 Å². The Morgan fingerprint density at radius 1 is 0.404 bits per heavy atom. The van der Waals surface area contributed by atoms with Crippen LogP contribution >= 0.6 is 11.3 Å². The molecule has 6 heteroatoms. The Kier molecular flexibility index (Phi) is 5.18. The van der Waals surface area contributed by atoms with Crippen molar-refractivity contribution in [3.05, 3.63) is 176 Å². The van der Waals surface area contributed by atoms with Crippen molar-refractivity contribution in [3.8, 4) is 56.4 Å². The summed E-state index contributed by atoms with van der Waals surface area (Å²) in [5.74, 6) is -0.754. The van der Waals surface area contributed by atoms with Gasteiger partial charge in [0.2, 0.25) is 0 Å². The van der Waals surface area contributed by atoms with Crippen molar-refractivity contribution in [3.63, 3.8) is 0 Å². The van der Waals surface area contributed by atoms with E-state index >= 15 is 0 Å². The lowest BCUT2D eigenvalue weighted by Crippen LogP contribution is -2.00. The molecular formula is C51H29N3O2S. The molecule has 0 radical (unpaired) electrons. The third-order valence-electron chi connectivity index (χ3n) is 10.3. The lowest BCUT2D eigenvalue weighted by atomic mass is 9.94. The Labute approximate surface area is 344 Å². The van der Waals surface area contributed by atoms with E-state index in [2.05, 4.69) is 59.6 Å². The highest BCUT2D eigenvalue weighted by Crippen LogP contribution is 2.45. The number of thiophene rings is 1. The van der Waals surface area contributed by atoms with Gasteiger partial charge in [-0.25, -0.2) is 15.0 Å². The maximum Gasteiger partial charge on any atom is 0.164 e. The van der Waals surface area contributed by atoms with Gasteiger partial charge in [0.25, 0.3) is 0 Å². The van der Waals surface area contributed by atoms with Gasteiger partial charge in [0.15, 0.2) is 17.5 Å². The fourth-order valence-electron chi connectivity index (χ4n) is 7.80. The molecule has 8 aromatic carbocycles. The summed E-state index contributed by atoms with van der Waals surface area (Å²) in [7, 11) is 0. The van der Waals surface area contributed by atoms with Gasteiger partial charge < -0.3 is 8.83 Å². The van der Waals surface area contributed by atoms with Crippen LogP contribution in [0.3, 0.4) is 0 Å². The number of furan rings is 2. The number of nitrogens with zero attached hydrogens (tertiary/aromatic N) is 3. The zero-order valence-corrected chi connectivity index (χ0v) is 30.4. The van der Waals surface area contributed by atoms with E-state index in [1.54, 1.807) is 29.5 Å². The molecule has 0 N–H and O–H groups in total. The maximum atomic E-state index is 8.78. The summed E-state index contributed by atoms with van der Waals surface area (Å²) in [4.78, 5) is 13.9. The van der Waals surface area contributed by atoms with Crippen molar-refractivity contribution in [2.45, 2.75) is 0 Å². The second-order valence-electron chi connectivity index (χ2n) is 13.6. The highest BCUT2D eigenvalue weighted by molar-refractivity contribution is 7.25. The maximum absolute atomic E-state index is 8.78. The first kappa shape index (κ1) is 23.5. The van der Waals surface area contributed by atoms with E-state index in [4.69, 9.17) is 32.5 Å².